The van der Waals surface area contributed by atoms with E-state index in [1.807, 2.05) is 12.3 Å². The molecule has 2 rings (SSSR count). The molecule has 0 aliphatic heterocycles. The Morgan fingerprint density at radius 2 is 2.20 bits per heavy atom. The van der Waals surface area contributed by atoms with Crippen LogP contribution in [0.25, 0.3) is 0 Å². The summed E-state index contributed by atoms with van der Waals surface area (Å²) in [6.45, 7) is 1.84. The first-order valence-electron chi connectivity index (χ1n) is 5.38. The van der Waals surface area contributed by atoms with Gasteiger partial charge in [-0.1, -0.05) is 0 Å². The van der Waals surface area contributed by atoms with Gasteiger partial charge in [-0.2, -0.15) is 13.5 Å². The highest BCUT2D eigenvalue weighted by Crippen LogP contribution is 2.20. The molecule has 0 fully saturated rings. The second-order valence-corrected chi connectivity index (χ2v) is 6.14. The third-order valence-corrected chi connectivity index (χ3v) is 3.99. The molecule has 106 valence electrons. The zero-order chi connectivity index (χ0) is 14.8. The predicted octanol–water partition coefficient (Wildman–Crippen LogP) is 1.85. The molecule has 0 spiro atoms. The molecule has 20 heavy (non-hydrogen) atoms. The Balaban J connectivity index is 2.20. The molecule has 0 radical (unpaired) electrons. The summed E-state index contributed by atoms with van der Waals surface area (Å²) in [6.07, 6.45) is 1.24. The maximum absolute atomic E-state index is 11.0. The van der Waals surface area contributed by atoms with Gasteiger partial charge in [-0.15, -0.1) is 11.3 Å². The van der Waals surface area contributed by atoms with Gasteiger partial charge in [0.1, 0.15) is 5.75 Å². The summed E-state index contributed by atoms with van der Waals surface area (Å²) in [7, 11) is -4.32. The summed E-state index contributed by atoms with van der Waals surface area (Å²) in [5.41, 5.74) is 3.66. The van der Waals surface area contributed by atoms with E-state index < -0.39 is 10.1 Å². The first-order valence-corrected chi connectivity index (χ1v) is 7.70. The highest BCUT2D eigenvalue weighted by molar-refractivity contribution is 7.85. The minimum Gasteiger partial charge on any atom is -0.507 e. The second-order valence-electron chi connectivity index (χ2n) is 3.86. The number of aryl methyl sites for hydroxylation is 1. The molecule has 3 N–H and O–H groups in total. The molecule has 0 unspecified atom stereocenters. The number of aromatic nitrogens is 1. The van der Waals surface area contributed by atoms with Gasteiger partial charge in [0.2, 0.25) is 5.13 Å². The SMILES string of the molecule is Cc1csc(NN=Cc2cc(S(=O)(=O)O)ccc2O)n1. The monoisotopic (exact) mass is 313 g/mol. The van der Waals surface area contributed by atoms with Gasteiger partial charge in [-0.3, -0.25) is 9.98 Å². The molecule has 0 saturated heterocycles. The summed E-state index contributed by atoms with van der Waals surface area (Å²) < 4.78 is 30.9. The zero-order valence-corrected chi connectivity index (χ0v) is 11.9. The number of phenolic OH excluding ortho intramolecular Hbond substituents is 1. The number of nitrogens with zero attached hydrogens (tertiary/aromatic N) is 2. The number of hydrogen-bond acceptors (Lipinski definition) is 7. The van der Waals surface area contributed by atoms with Crippen molar-refractivity contribution in [3.63, 3.8) is 0 Å². The maximum atomic E-state index is 11.0. The van der Waals surface area contributed by atoms with Crippen LogP contribution in [-0.2, 0) is 10.1 Å². The van der Waals surface area contributed by atoms with Crippen LogP contribution in [0.5, 0.6) is 5.75 Å². The van der Waals surface area contributed by atoms with Crippen LogP contribution in [-0.4, -0.2) is 29.3 Å². The second kappa shape index (κ2) is 5.57. The van der Waals surface area contributed by atoms with E-state index in [1.54, 1.807) is 0 Å². The average molecular weight is 313 g/mol. The van der Waals surface area contributed by atoms with E-state index in [0.29, 0.717) is 5.13 Å². The van der Waals surface area contributed by atoms with Crippen LogP contribution in [0.4, 0.5) is 5.13 Å². The lowest BCUT2D eigenvalue weighted by Gasteiger charge is -2.01. The Bertz CT molecular complexity index is 753. The Morgan fingerprint density at radius 3 is 2.80 bits per heavy atom. The lowest BCUT2D eigenvalue weighted by Crippen LogP contribution is -1.99. The van der Waals surface area contributed by atoms with Gasteiger partial charge in [0, 0.05) is 10.9 Å². The molecule has 1 aromatic heterocycles. The highest BCUT2D eigenvalue weighted by atomic mass is 32.2. The first-order chi connectivity index (χ1) is 9.36. The van der Waals surface area contributed by atoms with Gasteiger partial charge >= 0.3 is 0 Å². The fourth-order valence-electron chi connectivity index (χ4n) is 1.36. The molecule has 0 amide bonds. The van der Waals surface area contributed by atoms with Crippen LogP contribution in [0, 0.1) is 6.92 Å². The predicted molar refractivity (Wildman–Crippen MR) is 76.0 cm³/mol. The summed E-state index contributed by atoms with van der Waals surface area (Å²) in [6, 6.07) is 3.38. The largest absolute Gasteiger partial charge is 0.507 e. The molecule has 0 saturated carbocycles. The van der Waals surface area contributed by atoms with E-state index >= 15 is 0 Å². The maximum Gasteiger partial charge on any atom is 0.294 e. The standard InChI is InChI=1S/C11H11N3O4S2/c1-7-6-19-11(13-7)14-12-5-8-4-9(20(16,17)18)2-3-10(8)15/h2-6,15H,1H3,(H,13,14)(H,16,17,18). The summed E-state index contributed by atoms with van der Waals surface area (Å²) in [5, 5.41) is 15.9. The number of nitrogens with one attached hydrogen (secondary N) is 1. The Hall–Kier alpha value is -1.97. The average Bonchev–Trinajstić information content (AvgIpc) is 2.76. The number of thiazole rings is 1. The van der Waals surface area contributed by atoms with E-state index in [4.69, 9.17) is 4.55 Å². The molecule has 0 aliphatic carbocycles. The van der Waals surface area contributed by atoms with Crippen molar-refractivity contribution in [2.45, 2.75) is 11.8 Å². The van der Waals surface area contributed by atoms with E-state index in [2.05, 4.69) is 15.5 Å². The topological polar surface area (TPSA) is 112 Å². The van der Waals surface area contributed by atoms with Gasteiger partial charge in [0.15, 0.2) is 0 Å². The van der Waals surface area contributed by atoms with E-state index in [9.17, 15) is 13.5 Å². The van der Waals surface area contributed by atoms with Gasteiger partial charge in [-0.25, -0.2) is 4.98 Å². The fourth-order valence-corrected chi connectivity index (χ4v) is 2.51. The van der Waals surface area contributed by atoms with Gasteiger partial charge in [0.05, 0.1) is 16.8 Å². The lowest BCUT2D eigenvalue weighted by atomic mass is 10.2. The number of phenols is 1. The third kappa shape index (κ3) is 3.53. The van der Waals surface area contributed by atoms with E-state index in [1.165, 1.54) is 17.6 Å². The van der Waals surface area contributed by atoms with Gasteiger partial charge in [0.25, 0.3) is 10.1 Å². The molecule has 0 atom stereocenters. The molecule has 1 heterocycles. The normalized spacial score (nSPS) is 11.9. The minimum atomic E-state index is -4.32. The van der Waals surface area contributed by atoms with Gasteiger partial charge < -0.3 is 5.11 Å². The van der Waals surface area contributed by atoms with Crippen molar-refractivity contribution in [1.82, 2.24) is 4.98 Å². The van der Waals surface area contributed by atoms with Crippen LogP contribution in [0.3, 0.4) is 0 Å². The molecule has 7 nitrogen and oxygen atoms in total. The van der Waals surface area contributed by atoms with Crippen LogP contribution >= 0.6 is 11.3 Å². The molecule has 1 aromatic carbocycles. The molecule has 2 aromatic rings. The Labute approximate surface area is 119 Å². The van der Waals surface area contributed by atoms with Crippen LogP contribution in [0.1, 0.15) is 11.3 Å². The van der Waals surface area contributed by atoms with Crippen molar-refractivity contribution < 1.29 is 18.1 Å². The van der Waals surface area contributed by atoms with Crippen molar-refractivity contribution in [3.05, 3.63) is 34.8 Å². The number of anilines is 1. The van der Waals surface area contributed by atoms with Gasteiger partial charge in [-0.05, 0) is 25.1 Å². The molecular formula is C11H11N3O4S2. The van der Waals surface area contributed by atoms with Crippen LogP contribution in [0.15, 0.2) is 33.6 Å². The van der Waals surface area contributed by atoms with Crippen LogP contribution in [0.2, 0.25) is 0 Å². The number of rotatable bonds is 4. The van der Waals surface area contributed by atoms with Crippen molar-refractivity contribution in [2.24, 2.45) is 5.10 Å². The highest BCUT2D eigenvalue weighted by Gasteiger charge is 2.11. The number of benzene rings is 1. The van der Waals surface area contributed by atoms with Crippen molar-refractivity contribution in [1.29, 1.82) is 0 Å². The zero-order valence-electron chi connectivity index (χ0n) is 10.3. The van der Waals surface area contributed by atoms with Crippen molar-refractivity contribution in [2.75, 3.05) is 5.43 Å². The van der Waals surface area contributed by atoms with Crippen LogP contribution < -0.4 is 5.43 Å². The van der Waals surface area contributed by atoms with E-state index in [-0.39, 0.29) is 16.2 Å². The third-order valence-electron chi connectivity index (χ3n) is 2.28. The fraction of sp³-hybridized carbons (Fsp3) is 0.0909. The minimum absolute atomic E-state index is 0.154. The number of hydrogen-bond donors (Lipinski definition) is 3. The summed E-state index contributed by atoms with van der Waals surface area (Å²) in [4.78, 5) is 3.80. The summed E-state index contributed by atoms with van der Waals surface area (Å²) in [5.74, 6) is -0.154. The number of aromatic hydroxyl groups is 1. The van der Waals surface area contributed by atoms with E-state index in [0.717, 1.165) is 23.9 Å². The molecular weight excluding hydrogens is 302 g/mol. The lowest BCUT2D eigenvalue weighted by molar-refractivity contribution is 0.472. The number of hydrazone groups is 1. The Morgan fingerprint density at radius 1 is 1.45 bits per heavy atom. The first kappa shape index (κ1) is 14.4. The molecule has 0 aliphatic rings. The molecule has 9 heteroatoms. The molecule has 0 bridgehead atoms. The van der Waals surface area contributed by atoms with Crippen molar-refractivity contribution >= 4 is 32.8 Å². The Kier molecular flexibility index (Phi) is 4.02. The quantitative estimate of drug-likeness (QED) is 0.451. The summed E-state index contributed by atoms with van der Waals surface area (Å²) >= 11 is 1.36. The van der Waals surface area contributed by atoms with Crippen molar-refractivity contribution in [3.8, 4) is 5.75 Å². The smallest absolute Gasteiger partial charge is 0.294 e.